The molecule has 0 radical (unpaired) electrons. The number of nitrogens with zero attached hydrogens (tertiary/aromatic N) is 6. The largest absolute Gasteiger partial charge is 0.444 e. The summed E-state index contributed by atoms with van der Waals surface area (Å²) in [7, 11) is -2.37. The van der Waals surface area contributed by atoms with Crippen LogP contribution in [-0.4, -0.2) is 245 Å². The van der Waals surface area contributed by atoms with E-state index in [4.69, 9.17) is 14.2 Å². The molecule has 652 valence electrons. The van der Waals surface area contributed by atoms with Crippen LogP contribution >= 0.6 is 11.8 Å². The molecule has 117 heavy (non-hydrogen) atoms. The van der Waals surface area contributed by atoms with Crippen LogP contribution in [0.2, 0.25) is 0 Å². The molecule has 0 spiro atoms. The van der Waals surface area contributed by atoms with Crippen LogP contribution in [-0.2, 0) is 81.9 Å². The van der Waals surface area contributed by atoms with Crippen molar-refractivity contribution in [2.75, 3.05) is 58.0 Å². The minimum atomic E-state index is -3.47. The van der Waals surface area contributed by atoms with E-state index in [1.807, 2.05) is 48.2 Å². The predicted molar refractivity (Wildman–Crippen MR) is 455 cm³/mol. The summed E-state index contributed by atoms with van der Waals surface area (Å²) in [6, 6.07) is 19.9. The molecule has 6 heterocycles. The van der Waals surface area contributed by atoms with E-state index < -0.39 is 120 Å². The Hall–Kier alpha value is -7.58. The first-order valence-electron chi connectivity index (χ1n) is 41.3. The second-order valence-corrected chi connectivity index (χ2v) is 41.4. The minimum Gasteiger partial charge on any atom is -0.444 e. The summed E-state index contributed by atoms with van der Waals surface area (Å²) >= 11 is 1.88. The quantitative estimate of drug-likeness (QED) is 0.0770. The Morgan fingerprint density at radius 2 is 0.692 bits per heavy atom. The molecular formula is C86H134N12O16S3. The lowest BCUT2D eigenvalue weighted by Gasteiger charge is -2.33. The maximum Gasteiger partial charge on any atom is 0.410 e. The first-order valence-corrected chi connectivity index (χ1v) is 45.8. The van der Waals surface area contributed by atoms with E-state index >= 15 is 0 Å². The highest BCUT2D eigenvalue weighted by molar-refractivity contribution is 7.99. The summed E-state index contributed by atoms with van der Waals surface area (Å²) in [5, 5.41) is 17.6. The number of nitrogens with one attached hydrogen (secondary N) is 6. The van der Waals surface area contributed by atoms with E-state index in [2.05, 4.69) is 73.2 Å². The van der Waals surface area contributed by atoms with E-state index in [9.17, 15) is 60.0 Å². The smallest absolute Gasteiger partial charge is 0.410 e. The van der Waals surface area contributed by atoms with Crippen molar-refractivity contribution in [2.24, 2.45) is 0 Å². The number of rotatable bonds is 15. The van der Waals surface area contributed by atoms with Crippen molar-refractivity contribution in [3.63, 3.8) is 0 Å². The zero-order valence-electron chi connectivity index (χ0n) is 70.0. The van der Waals surface area contributed by atoms with Gasteiger partial charge in [-0.25, -0.2) is 31.2 Å². The number of carbonyl (C=O) groups is 9. The van der Waals surface area contributed by atoms with E-state index in [1.54, 1.807) is 99.9 Å². The van der Waals surface area contributed by atoms with Crippen molar-refractivity contribution in [1.82, 2.24) is 61.3 Å². The third kappa shape index (κ3) is 24.6. The van der Waals surface area contributed by atoms with Crippen LogP contribution in [0.4, 0.5) is 14.4 Å². The average Bonchev–Trinajstić information content (AvgIpc) is 1.60. The molecule has 3 aliphatic carbocycles. The van der Waals surface area contributed by atoms with Gasteiger partial charge in [0.2, 0.25) is 35.4 Å². The van der Waals surface area contributed by atoms with Gasteiger partial charge in [0.1, 0.15) is 45.7 Å². The molecule has 6 aliphatic heterocycles. The van der Waals surface area contributed by atoms with Crippen LogP contribution in [0.25, 0.3) is 0 Å². The Labute approximate surface area is 699 Å². The maximum absolute atomic E-state index is 13.5. The monoisotopic (exact) mass is 1690 g/mol. The fourth-order valence-electron chi connectivity index (χ4n) is 17.1. The second-order valence-electron chi connectivity index (χ2n) is 35.6. The molecule has 3 aromatic carbocycles. The number of ether oxygens (including phenoxy) is 3. The molecule has 9 aliphatic rings. The molecule has 15 atom stereocenters. The molecule has 12 rings (SSSR count). The van der Waals surface area contributed by atoms with Crippen LogP contribution in [0, 0.1) is 0 Å². The molecule has 6 fully saturated rings. The van der Waals surface area contributed by atoms with E-state index in [-0.39, 0.29) is 112 Å². The molecule has 9 amide bonds. The average molecular weight is 1690 g/mol. The molecule has 3 aromatic rings. The van der Waals surface area contributed by atoms with Gasteiger partial charge in [-0.3, -0.25) is 58.2 Å². The molecule has 0 saturated carbocycles. The number of hydrogen-bond acceptors (Lipinski definition) is 20. The molecule has 0 bridgehead atoms. The fourth-order valence-corrected chi connectivity index (χ4v) is 22.6. The summed E-state index contributed by atoms with van der Waals surface area (Å²) in [6.07, 6.45) is 11.8. The highest BCUT2D eigenvalue weighted by Crippen LogP contribution is 2.40. The van der Waals surface area contributed by atoms with Gasteiger partial charge < -0.3 is 46.1 Å². The van der Waals surface area contributed by atoms with Crippen molar-refractivity contribution >= 4 is 85.2 Å². The van der Waals surface area contributed by atoms with Gasteiger partial charge in [0.15, 0.2) is 19.7 Å². The maximum atomic E-state index is 13.5. The number of aryl methyl sites for hydroxylation is 3. The third-order valence-electron chi connectivity index (χ3n) is 23.7. The Kier molecular flexibility index (Phi) is 32.6. The molecular weight excluding hydrogens is 1550 g/mol. The van der Waals surface area contributed by atoms with Gasteiger partial charge in [0.25, 0.3) is 0 Å². The van der Waals surface area contributed by atoms with E-state index in [0.717, 1.165) is 93.9 Å². The molecule has 0 aromatic heterocycles. The van der Waals surface area contributed by atoms with Crippen molar-refractivity contribution in [1.29, 1.82) is 0 Å². The summed E-state index contributed by atoms with van der Waals surface area (Å²) in [5.74, 6) is -0.465. The number of fused-ring (bicyclic) bond motifs is 6. The number of carbonyl (C=O) groups excluding carboxylic acids is 9. The van der Waals surface area contributed by atoms with Crippen LogP contribution in [0.15, 0.2) is 72.8 Å². The van der Waals surface area contributed by atoms with E-state index in [1.165, 1.54) is 51.0 Å². The van der Waals surface area contributed by atoms with Gasteiger partial charge in [-0.15, -0.1) is 11.8 Å². The number of hydrogen-bond donors (Lipinski definition) is 6. The van der Waals surface area contributed by atoms with Crippen molar-refractivity contribution in [2.45, 2.75) is 319 Å². The first-order chi connectivity index (χ1) is 54.1. The Morgan fingerprint density at radius 3 is 1.02 bits per heavy atom. The standard InChI is InChI=1S/2C28H42N4O6S.C28H42N4O4S.2CH4/c2*1-18(31(5)27(35)38-28(2,3)4)25(33)29-20-15-16-39(36,37)24-14-13-23(32(24)17-20)26(34)30-22-12-8-10-19-9-6-7-11-21(19)22;1-18(31(5)27(35)36-28(2,3)4)25(33)29-20-15-16-37-24-14-13-23(32(24)17-20)26(34)30-22-12-8-10-19-9-6-7-11-21(19)22;;/h2*6-7,9,11,18,20,22-24H,8,10,12-17H2,1-5H3,(H,29,33)(H,30,34);6-7,9,11,18,20,22-24H,8,10,12-17H2,1-5H3,(H,29,33)(H,30,34);2*1H4/t18-,20-,22+,23+,24-;2*18-,20-,22+,23-,24-;;/m000../s1. The summed E-state index contributed by atoms with van der Waals surface area (Å²) in [4.78, 5) is 127. The summed E-state index contributed by atoms with van der Waals surface area (Å²) in [6.45, 7) is 22.0. The highest BCUT2D eigenvalue weighted by Gasteiger charge is 2.50. The highest BCUT2D eigenvalue weighted by atomic mass is 32.2. The lowest BCUT2D eigenvalue weighted by molar-refractivity contribution is -0.128. The Bertz CT molecular complexity index is 4040. The first kappa shape index (κ1) is 94.9. The lowest BCUT2D eigenvalue weighted by atomic mass is 9.87. The summed E-state index contributed by atoms with van der Waals surface area (Å²) in [5.41, 5.74) is 5.30. The van der Waals surface area contributed by atoms with Crippen LogP contribution in [0.5, 0.6) is 0 Å². The van der Waals surface area contributed by atoms with Gasteiger partial charge in [0.05, 0.1) is 53.1 Å². The molecule has 31 heteroatoms. The van der Waals surface area contributed by atoms with Crippen LogP contribution in [0.3, 0.4) is 0 Å². The summed E-state index contributed by atoms with van der Waals surface area (Å²) < 4.78 is 68.7. The SMILES string of the molecule is C.C.C[C@@H](C(=O)N[C@H]1CCS(=O)(=O)[C@H]2CC[C@@H](C(=O)N[C@@H]3CCCc4ccccc43)N2C1)N(C)C(=O)OC(C)(C)C.C[C@@H](C(=O)N[C@H]1CCS(=O)(=O)[C@H]2CC[C@H](C(=O)N[C@@H]3CCCc4ccccc43)N2C1)N(C)C(=O)OC(C)(C)C.C[C@@H](C(=O)N[C@H]1CCS[C@H]2CC[C@@H](C(=O)N[C@@H]3CCCc4ccccc43)N2C1)N(C)C(=O)OC(C)(C)C. The van der Waals surface area contributed by atoms with Crippen molar-refractivity contribution in [3.8, 4) is 0 Å². The zero-order valence-corrected chi connectivity index (χ0v) is 72.4. The molecule has 6 saturated heterocycles. The van der Waals surface area contributed by atoms with Crippen molar-refractivity contribution < 1.29 is 74.2 Å². The minimum absolute atomic E-state index is 0. The molecule has 0 unspecified atom stereocenters. The van der Waals surface area contributed by atoms with Gasteiger partial charge in [-0.1, -0.05) is 87.6 Å². The number of amides is 9. The fraction of sp³-hybridized carbons (Fsp3) is 0.686. The zero-order chi connectivity index (χ0) is 83.8. The lowest BCUT2D eigenvalue weighted by Crippen LogP contribution is -2.54. The van der Waals surface area contributed by atoms with Crippen LogP contribution < -0.4 is 31.9 Å². The van der Waals surface area contributed by atoms with E-state index in [0.29, 0.717) is 32.2 Å². The molecule has 28 nitrogen and oxygen atoms in total. The van der Waals surface area contributed by atoms with Crippen molar-refractivity contribution in [3.05, 3.63) is 106 Å². The van der Waals surface area contributed by atoms with Gasteiger partial charge >= 0.3 is 18.3 Å². The second kappa shape index (κ2) is 40.2. The number of likely N-dealkylation sites (N-methyl/N-ethyl adjacent to an activating group) is 3. The predicted octanol–water partition coefficient (Wildman–Crippen LogP) is 10.2. The number of benzene rings is 3. The van der Waals surface area contributed by atoms with Gasteiger partial charge in [0, 0.05) is 58.9 Å². The molecule has 6 N–H and O–H groups in total. The van der Waals surface area contributed by atoms with Gasteiger partial charge in [-0.05, 0) is 238 Å². The normalized spacial score (nSPS) is 26.7. The topological polar surface area (TPSA) is 341 Å². The number of sulfone groups is 2. The third-order valence-corrected chi connectivity index (χ3v) is 29.3. The Morgan fingerprint density at radius 1 is 0.402 bits per heavy atom. The van der Waals surface area contributed by atoms with Gasteiger partial charge in [-0.2, -0.15) is 0 Å². The van der Waals surface area contributed by atoms with Crippen LogP contribution in [0.1, 0.15) is 246 Å². The number of thioether (sulfide) groups is 1. The Balaban J connectivity index is 0.000000217.